The maximum absolute atomic E-state index is 12.0. The van der Waals surface area contributed by atoms with Gasteiger partial charge in [0.1, 0.15) is 17.0 Å². The van der Waals surface area contributed by atoms with E-state index in [9.17, 15) is 9.59 Å². The van der Waals surface area contributed by atoms with Crippen LogP contribution in [-0.4, -0.2) is 28.0 Å². The molecule has 0 saturated heterocycles. The van der Waals surface area contributed by atoms with E-state index < -0.39 is 10.8 Å². The standard InChI is InChI=1S/C16H22ClNO4/c1-6-8-18-11(10-13(19)22-16(3,4)5)9-12(21-7-2)14(18)15(17)20/h6,9H,1,7-8,10H2,2-5H3. The van der Waals surface area contributed by atoms with E-state index >= 15 is 0 Å². The summed E-state index contributed by atoms with van der Waals surface area (Å²) in [5, 5.41) is -0.638. The highest BCUT2D eigenvalue weighted by Gasteiger charge is 2.24. The van der Waals surface area contributed by atoms with Gasteiger partial charge in [-0.15, -0.1) is 6.58 Å². The summed E-state index contributed by atoms with van der Waals surface area (Å²) < 4.78 is 12.4. The van der Waals surface area contributed by atoms with Gasteiger partial charge in [-0.2, -0.15) is 0 Å². The van der Waals surface area contributed by atoms with Crippen molar-refractivity contribution in [1.82, 2.24) is 4.57 Å². The molecular weight excluding hydrogens is 306 g/mol. The van der Waals surface area contributed by atoms with Crippen molar-refractivity contribution in [2.24, 2.45) is 0 Å². The highest BCUT2D eigenvalue weighted by molar-refractivity contribution is 6.67. The fourth-order valence-electron chi connectivity index (χ4n) is 2.05. The minimum atomic E-state index is -0.638. The molecule has 0 aliphatic rings. The fraction of sp³-hybridized carbons (Fsp3) is 0.500. The van der Waals surface area contributed by atoms with E-state index in [1.807, 2.05) is 0 Å². The summed E-state index contributed by atoms with van der Waals surface area (Å²) in [6, 6.07) is 1.65. The molecule has 0 saturated carbocycles. The van der Waals surface area contributed by atoms with E-state index in [4.69, 9.17) is 21.1 Å². The molecule has 0 bridgehead atoms. The summed E-state index contributed by atoms with van der Waals surface area (Å²) >= 11 is 5.65. The summed E-state index contributed by atoms with van der Waals surface area (Å²) in [5.41, 5.74) is 0.254. The Kier molecular flexibility index (Phi) is 6.23. The highest BCUT2D eigenvalue weighted by Crippen LogP contribution is 2.27. The third-order valence-electron chi connectivity index (χ3n) is 2.69. The van der Waals surface area contributed by atoms with E-state index in [0.29, 0.717) is 24.6 Å². The Balaban J connectivity index is 3.17. The van der Waals surface area contributed by atoms with Crippen molar-refractivity contribution in [3.63, 3.8) is 0 Å². The molecule has 0 aliphatic carbocycles. The third-order valence-corrected chi connectivity index (χ3v) is 2.87. The zero-order valence-corrected chi connectivity index (χ0v) is 14.2. The molecule has 1 heterocycles. The molecule has 0 atom stereocenters. The number of carbonyl (C=O) groups is 2. The van der Waals surface area contributed by atoms with E-state index in [2.05, 4.69) is 6.58 Å². The minimum Gasteiger partial charge on any atom is -0.491 e. The molecule has 1 rings (SSSR count). The zero-order chi connectivity index (χ0) is 16.9. The molecule has 6 heteroatoms. The first kappa shape index (κ1) is 18.3. The number of halogens is 1. The zero-order valence-electron chi connectivity index (χ0n) is 13.4. The lowest BCUT2D eigenvalue weighted by atomic mass is 10.2. The lowest BCUT2D eigenvalue weighted by molar-refractivity contribution is -0.154. The van der Waals surface area contributed by atoms with Gasteiger partial charge in [0.05, 0.1) is 13.0 Å². The van der Waals surface area contributed by atoms with Crippen LogP contribution in [0.4, 0.5) is 0 Å². The molecule has 0 aliphatic heterocycles. The van der Waals surface area contributed by atoms with Crippen molar-refractivity contribution in [3.8, 4) is 5.75 Å². The maximum atomic E-state index is 12.0. The number of hydrogen-bond acceptors (Lipinski definition) is 4. The van der Waals surface area contributed by atoms with Crippen LogP contribution >= 0.6 is 11.6 Å². The second-order valence-corrected chi connectivity index (χ2v) is 6.06. The number of carbonyl (C=O) groups excluding carboxylic acids is 2. The van der Waals surface area contributed by atoms with Gasteiger partial charge in [0.15, 0.2) is 0 Å². The largest absolute Gasteiger partial charge is 0.491 e. The van der Waals surface area contributed by atoms with Crippen molar-refractivity contribution in [1.29, 1.82) is 0 Å². The van der Waals surface area contributed by atoms with Crippen LogP contribution in [0.15, 0.2) is 18.7 Å². The van der Waals surface area contributed by atoms with Crippen molar-refractivity contribution in [2.45, 2.75) is 46.3 Å². The van der Waals surface area contributed by atoms with Crippen LogP contribution in [-0.2, 0) is 22.5 Å². The van der Waals surface area contributed by atoms with Crippen LogP contribution in [0.5, 0.6) is 5.75 Å². The first-order chi connectivity index (χ1) is 10.2. The smallest absolute Gasteiger partial charge is 0.312 e. The van der Waals surface area contributed by atoms with Gasteiger partial charge in [-0.3, -0.25) is 9.59 Å². The molecular formula is C16H22ClNO4. The first-order valence-electron chi connectivity index (χ1n) is 7.07. The van der Waals surface area contributed by atoms with Crippen LogP contribution in [0, 0.1) is 0 Å². The lowest BCUT2D eigenvalue weighted by Gasteiger charge is -2.19. The molecule has 122 valence electrons. The molecule has 0 radical (unpaired) electrons. The molecule has 0 spiro atoms. The SMILES string of the molecule is C=CCn1c(CC(=O)OC(C)(C)C)cc(OCC)c1C(=O)Cl. The summed E-state index contributed by atoms with van der Waals surface area (Å²) in [7, 11) is 0. The molecule has 1 aromatic rings. The first-order valence-corrected chi connectivity index (χ1v) is 7.45. The monoisotopic (exact) mass is 327 g/mol. The summed E-state index contributed by atoms with van der Waals surface area (Å²) in [4.78, 5) is 23.7. The molecule has 0 aromatic carbocycles. The Hall–Kier alpha value is -1.75. The van der Waals surface area contributed by atoms with Gasteiger partial charge in [0.2, 0.25) is 0 Å². The lowest BCUT2D eigenvalue weighted by Crippen LogP contribution is -2.25. The molecule has 0 N–H and O–H groups in total. The number of ether oxygens (including phenoxy) is 2. The molecule has 0 unspecified atom stereocenters. The Labute approximate surface area is 135 Å². The number of esters is 1. The van der Waals surface area contributed by atoms with Crippen LogP contribution in [0.1, 0.15) is 43.9 Å². The van der Waals surface area contributed by atoms with Crippen molar-refractivity contribution < 1.29 is 19.1 Å². The Bertz CT molecular complexity index is 569. The fourth-order valence-corrected chi connectivity index (χ4v) is 2.25. The van der Waals surface area contributed by atoms with Gasteiger partial charge < -0.3 is 14.0 Å². The predicted octanol–water partition coefficient (Wildman–Crippen LogP) is 3.34. The van der Waals surface area contributed by atoms with Gasteiger partial charge in [0.25, 0.3) is 5.24 Å². The second kappa shape index (κ2) is 7.49. The molecule has 22 heavy (non-hydrogen) atoms. The molecule has 1 aromatic heterocycles. The minimum absolute atomic E-state index is 0.0232. The van der Waals surface area contributed by atoms with Crippen molar-refractivity contribution >= 4 is 22.8 Å². The number of aromatic nitrogens is 1. The molecule has 5 nitrogen and oxygen atoms in total. The summed E-state index contributed by atoms with van der Waals surface area (Å²) in [5.74, 6) is -0.0187. The average Bonchev–Trinajstić information content (AvgIpc) is 2.65. The van der Waals surface area contributed by atoms with Crippen LogP contribution < -0.4 is 4.74 Å². The quantitative estimate of drug-likeness (QED) is 0.438. The van der Waals surface area contributed by atoms with E-state index in [1.165, 1.54) is 0 Å². The Morgan fingerprint density at radius 3 is 2.50 bits per heavy atom. The third kappa shape index (κ3) is 4.91. The second-order valence-electron chi connectivity index (χ2n) is 5.72. The number of nitrogens with zero attached hydrogens (tertiary/aromatic N) is 1. The van der Waals surface area contributed by atoms with Gasteiger partial charge in [-0.25, -0.2) is 0 Å². The van der Waals surface area contributed by atoms with Crippen molar-refractivity contribution in [2.75, 3.05) is 6.61 Å². The van der Waals surface area contributed by atoms with Crippen LogP contribution in [0.3, 0.4) is 0 Å². The topological polar surface area (TPSA) is 57.5 Å². The predicted molar refractivity (Wildman–Crippen MR) is 85.5 cm³/mol. The average molecular weight is 328 g/mol. The van der Waals surface area contributed by atoms with Gasteiger partial charge in [-0.1, -0.05) is 6.08 Å². The highest BCUT2D eigenvalue weighted by atomic mass is 35.5. The van der Waals surface area contributed by atoms with Crippen LogP contribution in [0.2, 0.25) is 0 Å². The normalized spacial score (nSPS) is 11.1. The van der Waals surface area contributed by atoms with E-state index in [1.54, 1.807) is 44.4 Å². The van der Waals surface area contributed by atoms with Gasteiger partial charge >= 0.3 is 5.97 Å². The van der Waals surface area contributed by atoms with Gasteiger partial charge in [-0.05, 0) is 39.3 Å². The summed E-state index contributed by atoms with van der Waals surface area (Å²) in [6.45, 7) is 11.6. The molecule has 0 amide bonds. The number of rotatable bonds is 7. The molecule has 0 fully saturated rings. The maximum Gasteiger partial charge on any atom is 0.312 e. The van der Waals surface area contributed by atoms with E-state index in [-0.39, 0.29) is 18.1 Å². The number of hydrogen-bond donors (Lipinski definition) is 0. The van der Waals surface area contributed by atoms with Crippen LogP contribution in [0.25, 0.3) is 0 Å². The van der Waals surface area contributed by atoms with Crippen molar-refractivity contribution in [3.05, 3.63) is 30.1 Å². The van der Waals surface area contributed by atoms with Gasteiger partial charge in [0, 0.05) is 18.3 Å². The summed E-state index contributed by atoms with van der Waals surface area (Å²) in [6.07, 6.45) is 1.65. The Morgan fingerprint density at radius 2 is 2.05 bits per heavy atom. The number of allylic oxidation sites excluding steroid dienone is 1. The van der Waals surface area contributed by atoms with E-state index in [0.717, 1.165) is 0 Å². The Morgan fingerprint density at radius 1 is 1.41 bits per heavy atom.